The lowest BCUT2D eigenvalue weighted by Crippen LogP contribution is -2.27. The molecule has 3 aromatic rings. The third-order valence-corrected chi connectivity index (χ3v) is 6.79. The molecule has 0 bridgehead atoms. The molecule has 0 spiro atoms. The second-order valence-electron chi connectivity index (χ2n) is 8.30. The fourth-order valence-electron chi connectivity index (χ4n) is 3.54. The zero-order valence-corrected chi connectivity index (χ0v) is 20.1. The summed E-state index contributed by atoms with van der Waals surface area (Å²) in [7, 11) is 0. The molecule has 1 saturated heterocycles. The van der Waals surface area contributed by atoms with Crippen molar-refractivity contribution in [1.29, 1.82) is 0 Å². The number of carbonyl (C=O) groups excluding carboxylic acids is 1. The molecule has 7 nitrogen and oxygen atoms in total. The Morgan fingerprint density at radius 3 is 2.63 bits per heavy atom. The first kappa shape index (κ1) is 25.1. The van der Waals surface area contributed by atoms with Crippen molar-refractivity contribution in [3.8, 4) is 16.3 Å². The molecule has 11 heteroatoms. The van der Waals surface area contributed by atoms with Gasteiger partial charge in [0.2, 0.25) is 5.82 Å². The minimum atomic E-state index is -4.63. The SMILES string of the molecule is CCc1cnc(-c2cc(OC[C@H]3CCOC3)cc(C(=O)NC(C)c3cnc(C(F)(F)F)nc3)c2)s1. The number of amides is 1. The summed E-state index contributed by atoms with van der Waals surface area (Å²) in [6, 6.07) is 4.63. The molecule has 35 heavy (non-hydrogen) atoms. The molecule has 1 amide bonds. The number of nitrogens with one attached hydrogen (secondary N) is 1. The number of nitrogens with zero attached hydrogens (tertiary/aromatic N) is 3. The Morgan fingerprint density at radius 1 is 1.23 bits per heavy atom. The summed E-state index contributed by atoms with van der Waals surface area (Å²) >= 11 is 1.55. The first-order valence-corrected chi connectivity index (χ1v) is 12.0. The van der Waals surface area contributed by atoms with Crippen LogP contribution in [0.3, 0.4) is 0 Å². The molecule has 2 aromatic heterocycles. The first-order valence-electron chi connectivity index (χ1n) is 11.2. The summed E-state index contributed by atoms with van der Waals surface area (Å²) in [5, 5.41) is 3.57. The van der Waals surface area contributed by atoms with E-state index in [-0.39, 0.29) is 0 Å². The summed E-state index contributed by atoms with van der Waals surface area (Å²) in [5.74, 6) is -0.794. The van der Waals surface area contributed by atoms with Gasteiger partial charge >= 0.3 is 6.18 Å². The second kappa shape index (κ2) is 10.7. The Balaban J connectivity index is 1.54. The molecule has 186 valence electrons. The molecule has 4 rings (SSSR count). The Hall–Kier alpha value is -3.05. The highest BCUT2D eigenvalue weighted by Gasteiger charge is 2.34. The summed E-state index contributed by atoms with van der Waals surface area (Å²) < 4.78 is 49.6. The molecule has 0 radical (unpaired) electrons. The quantitative estimate of drug-likeness (QED) is 0.458. The smallest absolute Gasteiger partial charge is 0.451 e. The van der Waals surface area contributed by atoms with E-state index in [1.807, 2.05) is 19.2 Å². The molecule has 0 aliphatic carbocycles. The van der Waals surface area contributed by atoms with E-state index >= 15 is 0 Å². The van der Waals surface area contributed by atoms with Gasteiger partial charge in [-0.15, -0.1) is 11.3 Å². The first-order chi connectivity index (χ1) is 16.7. The molecular weight excluding hydrogens is 481 g/mol. The number of rotatable bonds is 8. The monoisotopic (exact) mass is 506 g/mol. The van der Waals surface area contributed by atoms with E-state index in [0.29, 0.717) is 42.6 Å². The van der Waals surface area contributed by atoms with Crippen LogP contribution in [-0.4, -0.2) is 40.7 Å². The van der Waals surface area contributed by atoms with Crippen LogP contribution in [0.1, 0.15) is 52.9 Å². The number of aromatic nitrogens is 3. The van der Waals surface area contributed by atoms with E-state index in [1.54, 1.807) is 30.4 Å². The Bertz CT molecular complexity index is 1160. The summed E-state index contributed by atoms with van der Waals surface area (Å²) in [6.45, 7) is 5.53. The van der Waals surface area contributed by atoms with Gasteiger partial charge in [-0.25, -0.2) is 15.0 Å². The van der Waals surface area contributed by atoms with Gasteiger partial charge in [-0.2, -0.15) is 13.2 Å². The highest BCUT2D eigenvalue weighted by Crippen LogP contribution is 2.31. The van der Waals surface area contributed by atoms with Gasteiger partial charge in [0, 0.05) is 52.7 Å². The van der Waals surface area contributed by atoms with Gasteiger partial charge in [-0.05, 0) is 38.0 Å². The molecular formula is C24H25F3N4O3S. The van der Waals surface area contributed by atoms with Gasteiger partial charge in [0.05, 0.1) is 19.3 Å². The average Bonchev–Trinajstić information content (AvgIpc) is 3.54. The fourth-order valence-corrected chi connectivity index (χ4v) is 4.38. The number of hydrogen-bond acceptors (Lipinski definition) is 7. The van der Waals surface area contributed by atoms with Crippen molar-refractivity contribution in [3.63, 3.8) is 0 Å². The van der Waals surface area contributed by atoms with Crippen molar-refractivity contribution >= 4 is 17.2 Å². The molecule has 1 aliphatic heterocycles. The molecule has 2 atom stereocenters. The normalized spacial score (nSPS) is 16.8. The molecule has 3 heterocycles. The number of benzene rings is 1. The minimum Gasteiger partial charge on any atom is -0.493 e. The topological polar surface area (TPSA) is 86.2 Å². The second-order valence-corrected chi connectivity index (χ2v) is 9.42. The van der Waals surface area contributed by atoms with Crippen molar-refractivity contribution in [2.75, 3.05) is 19.8 Å². The van der Waals surface area contributed by atoms with Crippen LogP contribution < -0.4 is 10.1 Å². The van der Waals surface area contributed by atoms with Crippen LogP contribution in [0.15, 0.2) is 36.8 Å². The highest BCUT2D eigenvalue weighted by atomic mass is 32.1. The van der Waals surface area contributed by atoms with E-state index in [0.717, 1.165) is 40.7 Å². The summed E-state index contributed by atoms with van der Waals surface area (Å²) in [6.07, 6.45) is 1.10. The van der Waals surface area contributed by atoms with E-state index in [4.69, 9.17) is 9.47 Å². The van der Waals surface area contributed by atoms with Crippen LogP contribution in [0.4, 0.5) is 13.2 Å². The maximum Gasteiger partial charge on any atom is 0.451 e. The lowest BCUT2D eigenvalue weighted by atomic mass is 10.1. The molecule has 1 fully saturated rings. The zero-order chi connectivity index (χ0) is 25.0. The molecule has 1 N–H and O–H groups in total. The van der Waals surface area contributed by atoms with Crippen LogP contribution >= 0.6 is 11.3 Å². The van der Waals surface area contributed by atoms with Gasteiger partial charge in [0.25, 0.3) is 5.91 Å². The lowest BCUT2D eigenvalue weighted by Gasteiger charge is -2.16. The molecule has 1 unspecified atom stereocenters. The Labute approximate surface area is 204 Å². The van der Waals surface area contributed by atoms with Crippen molar-refractivity contribution < 1.29 is 27.4 Å². The minimum absolute atomic E-state index is 0.294. The maximum absolute atomic E-state index is 13.1. The lowest BCUT2D eigenvalue weighted by molar-refractivity contribution is -0.145. The maximum atomic E-state index is 13.1. The molecule has 0 saturated carbocycles. The third-order valence-electron chi connectivity index (χ3n) is 5.60. The van der Waals surface area contributed by atoms with E-state index in [9.17, 15) is 18.0 Å². The molecule has 1 aliphatic rings. The van der Waals surface area contributed by atoms with Crippen LogP contribution in [-0.2, 0) is 17.3 Å². The van der Waals surface area contributed by atoms with Crippen molar-refractivity contribution in [2.45, 2.75) is 38.9 Å². The third kappa shape index (κ3) is 6.34. The number of alkyl halides is 3. The Kier molecular flexibility index (Phi) is 7.66. The van der Waals surface area contributed by atoms with E-state index in [1.165, 1.54) is 0 Å². The standard InChI is InChI=1S/C24H25F3N4O3S/c1-3-20-11-28-22(35-20)17-6-16(7-19(8-17)34-13-15-4-5-33-12-15)21(32)31-14(2)18-9-29-23(30-10-18)24(25,26)27/h6-11,14-15H,3-5,12-13H2,1-2H3,(H,31,32)/t14?,15-/m0/s1. The van der Waals surface area contributed by atoms with Crippen LogP contribution in [0.25, 0.3) is 10.6 Å². The highest BCUT2D eigenvalue weighted by molar-refractivity contribution is 7.15. The Morgan fingerprint density at radius 2 is 2.00 bits per heavy atom. The number of aryl methyl sites for hydroxylation is 1. The van der Waals surface area contributed by atoms with E-state index in [2.05, 4.69) is 20.3 Å². The van der Waals surface area contributed by atoms with Crippen LogP contribution in [0.2, 0.25) is 0 Å². The van der Waals surface area contributed by atoms with Crippen molar-refractivity contribution in [1.82, 2.24) is 20.3 Å². The van der Waals surface area contributed by atoms with Gasteiger partial charge in [-0.3, -0.25) is 4.79 Å². The van der Waals surface area contributed by atoms with Gasteiger partial charge in [0.1, 0.15) is 10.8 Å². The van der Waals surface area contributed by atoms with E-state index < -0.39 is 23.9 Å². The average molecular weight is 507 g/mol. The predicted molar refractivity (Wildman–Crippen MR) is 124 cm³/mol. The van der Waals surface area contributed by atoms with Crippen molar-refractivity contribution in [3.05, 3.63) is 58.6 Å². The van der Waals surface area contributed by atoms with Gasteiger partial charge in [0.15, 0.2) is 0 Å². The summed E-state index contributed by atoms with van der Waals surface area (Å²) in [5.41, 5.74) is 1.46. The fraction of sp³-hybridized carbons (Fsp3) is 0.417. The van der Waals surface area contributed by atoms with Gasteiger partial charge in [-0.1, -0.05) is 6.92 Å². The molecule has 1 aromatic carbocycles. The number of carbonyl (C=O) groups is 1. The van der Waals surface area contributed by atoms with Gasteiger partial charge < -0.3 is 14.8 Å². The van der Waals surface area contributed by atoms with Crippen LogP contribution in [0.5, 0.6) is 5.75 Å². The summed E-state index contributed by atoms with van der Waals surface area (Å²) in [4.78, 5) is 25.4. The largest absolute Gasteiger partial charge is 0.493 e. The zero-order valence-electron chi connectivity index (χ0n) is 19.3. The number of hydrogen-bond donors (Lipinski definition) is 1. The predicted octanol–water partition coefficient (Wildman–Crippen LogP) is 5.09. The van der Waals surface area contributed by atoms with Crippen molar-refractivity contribution in [2.24, 2.45) is 5.92 Å². The number of ether oxygens (including phenoxy) is 2. The number of halogens is 3. The van der Waals surface area contributed by atoms with Crippen LogP contribution in [0, 0.1) is 5.92 Å². The number of thiazole rings is 1.